The molecule has 20 heavy (non-hydrogen) atoms. The Kier molecular flexibility index (Phi) is 5.09. The van der Waals surface area contributed by atoms with Gasteiger partial charge in [-0.3, -0.25) is 4.79 Å². The molecule has 2 aromatic carbocycles. The molecule has 0 radical (unpaired) electrons. The molecule has 0 saturated carbocycles. The molecule has 0 bridgehead atoms. The van der Waals surface area contributed by atoms with Crippen molar-refractivity contribution in [3.05, 3.63) is 68.6 Å². The summed E-state index contributed by atoms with van der Waals surface area (Å²) in [6.45, 7) is -0.272. The third-order valence-corrected chi connectivity index (χ3v) is 3.58. The van der Waals surface area contributed by atoms with Crippen LogP contribution in [0.5, 0.6) is 0 Å². The van der Waals surface area contributed by atoms with Crippen molar-refractivity contribution in [2.24, 2.45) is 0 Å². The molecule has 5 heteroatoms. The highest BCUT2D eigenvalue weighted by Gasteiger charge is 2.11. The van der Waals surface area contributed by atoms with E-state index in [1.54, 1.807) is 42.5 Å². The minimum absolute atomic E-state index is 0.239. The zero-order valence-corrected chi connectivity index (χ0v) is 13.5. The number of ketones is 1. The number of Topliss-reactive ketones (excluding diaryl/α,β-unsaturated/α-hetero) is 1. The Hall–Kier alpha value is -1.46. The summed E-state index contributed by atoms with van der Waals surface area (Å²) >= 11 is 6.57. The van der Waals surface area contributed by atoms with Crippen LogP contribution in [0.3, 0.4) is 0 Å². The van der Waals surface area contributed by atoms with Crippen LogP contribution >= 0.6 is 31.9 Å². The van der Waals surface area contributed by atoms with Gasteiger partial charge in [-0.15, -0.1) is 0 Å². The molecule has 0 saturated heterocycles. The fourth-order valence-corrected chi connectivity index (χ4v) is 2.21. The molecule has 0 aliphatic rings. The fourth-order valence-electron chi connectivity index (χ4n) is 1.55. The third kappa shape index (κ3) is 4.02. The number of esters is 1. The normalized spacial score (nSPS) is 10.1. The van der Waals surface area contributed by atoms with E-state index in [9.17, 15) is 9.59 Å². The summed E-state index contributed by atoms with van der Waals surface area (Å²) in [6.07, 6.45) is 0. The van der Waals surface area contributed by atoms with E-state index in [0.717, 1.165) is 8.95 Å². The largest absolute Gasteiger partial charge is 0.454 e. The zero-order chi connectivity index (χ0) is 14.5. The lowest BCUT2D eigenvalue weighted by Gasteiger charge is -2.05. The molecule has 0 unspecified atom stereocenters. The van der Waals surface area contributed by atoms with Crippen LogP contribution in [-0.4, -0.2) is 18.4 Å². The van der Waals surface area contributed by atoms with E-state index in [4.69, 9.17) is 4.74 Å². The number of halogens is 2. The summed E-state index contributed by atoms with van der Waals surface area (Å²) in [6, 6.07) is 13.7. The van der Waals surface area contributed by atoms with Crippen molar-refractivity contribution < 1.29 is 14.3 Å². The summed E-state index contributed by atoms with van der Waals surface area (Å²) in [5, 5.41) is 0. The van der Waals surface area contributed by atoms with E-state index in [2.05, 4.69) is 31.9 Å². The molecule has 0 fully saturated rings. The molecule has 2 rings (SSSR count). The minimum Gasteiger partial charge on any atom is -0.454 e. The van der Waals surface area contributed by atoms with E-state index in [1.165, 1.54) is 0 Å². The van der Waals surface area contributed by atoms with Crippen LogP contribution in [-0.2, 0) is 4.74 Å². The van der Waals surface area contributed by atoms with Crippen molar-refractivity contribution >= 4 is 43.6 Å². The second kappa shape index (κ2) is 6.81. The Labute approximate surface area is 133 Å². The van der Waals surface area contributed by atoms with Crippen molar-refractivity contribution in [2.75, 3.05) is 6.61 Å². The van der Waals surface area contributed by atoms with Gasteiger partial charge >= 0.3 is 5.97 Å². The molecule has 0 amide bonds. The summed E-state index contributed by atoms with van der Waals surface area (Å²) in [7, 11) is 0. The average molecular weight is 398 g/mol. The summed E-state index contributed by atoms with van der Waals surface area (Å²) in [4.78, 5) is 23.6. The Bertz CT molecular complexity index is 636. The van der Waals surface area contributed by atoms with Crippen LogP contribution in [0, 0.1) is 0 Å². The molecule has 0 aliphatic carbocycles. The third-order valence-electron chi connectivity index (χ3n) is 2.56. The number of hydrogen-bond acceptors (Lipinski definition) is 3. The van der Waals surface area contributed by atoms with Gasteiger partial charge in [-0.25, -0.2) is 4.79 Å². The number of ether oxygens (including phenoxy) is 1. The first-order valence-corrected chi connectivity index (χ1v) is 7.36. The van der Waals surface area contributed by atoms with Gasteiger partial charge in [-0.2, -0.15) is 0 Å². The maximum Gasteiger partial charge on any atom is 0.338 e. The molecular formula is C15H10Br2O3. The lowest BCUT2D eigenvalue weighted by molar-refractivity contribution is 0.0474. The van der Waals surface area contributed by atoms with Gasteiger partial charge in [0.05, 0.1) is 5.56 Å². The fraction of sp³-hybridized carbons (Fsp3) is 0.0667. The Morgan fingerprint density at radius 3 is 2.25 bits per heavy atom. The standard InChI is InChI=1S/C15H10Br2O3/c16-12-6-4-10(5-7-12)15(19)20-9-14(18)11-2-1-3-13(17)8-11/h1-8H,9H2. The van der Waals surface area contributed by atoms with E-state index in [0.29, 0.717) is 11.1 Å². The SMILES string of the molecule is O=C(COC(=O)c1ccc(Br)cc1)c1cccc(Br)c1. The van der Waals surface area contributed by atoms with Crippen LogP contribution in [0.25, 0.3) is 0 Å². The van der Waals surface area contributed by atoms with Crippen molar-refractivity contribution in [2.45, 2.75) is 0 Å². The zero-order valence-electron chi connectivity index (χ0n) is 10.3. The number of rotatable bonds is 4. The summed E-state index contributed by atoms with van der Waals surface area (Å²) in [5.74, 6) is -0.752. The van der Waals surface area contributed by atoms with Crippen molar-refractivity contribution in [1.29, 1.82) is 0 Å². The second-order valence-electron chi connectivity index (χ2n) is 4.02. The molecule has 0 aromatic heterocycles. The van der Waals surface area contributed by atoms with Crippen LogP contribution in [0.15, 0.2) is 57.5 Å². The minimum atomic E-state index is -0.513. The van der Waals surface area contributed by atoms with E-state index in [-0.39, 0.29) is 12.4 Å². The molecule has 2 aromatic rings. The van der Waals surface area contributed by atoms with Gasteiger partial charge in [-0.05, 0) is 36.4 Å². The lowest BCUT2D eigenvalue weighted by Crippen LogP contribution is -2.14. The summed E-state index contributed by atoms with van der Waals surface area (Å²) < 4.78 is 6.69. The highest BCUT2D eigenvalue weighted by Crippen LogP contribution is 2.13. The maximum atomic E-state index is 11.9. The highest BCUT2D eigenvalue weighted by atomic mass is 79.9. The molecular weight excluding hydrogens is 388 g/mol. The highest BCUT2D eigenvalue weighted by molar-refractivity contribution is 9.10. The smallest absolute Gasteiger partial charge is 0.338 e. The van der Waals surface area contributed by atoms with Gasteiger partial charge in [0.25, 0.3) is 0 Å². The molecule has 102 valence electrons. The van der Waals surface area contributed by atoms with Gasteiger partial charge in [0.15, 0.2) is 12.4 Å². The van der Waals surface area contributed by atoms with Crippen LogP contribution in [0.4, 0.5) is 0 Å². The number of carbonyl (C=O) groups is 2. The number of benzene rings is 2. The molecule has 3 nitrogen and oxygen atoms in total. The van der Waals surface area contributed by atoms with Gasteiger partial charge in [-0.1, -0.05) is 44.0 Å². The topological polar surface area (TPSA) is 43.4 Å². The summed E-state index contributed by atoms with van der Waals surface area (Å²) in [5.41, 5.74) is 0.915. The van der Waals surface area contributed by atoms with E-state index < -0.39 is 5.97 Å². The van der Waals surface area contributed by atoms with Crippen molar-refractivity contribution in [3.63, 3.8) is 0 Å². The first kappa shape index (κ1) is 14.9. The number of carbonyl (C=O) groups excluding carboxylic acids is 2. The molecule has 0 atom stereocenters. The quantitative estimate of drug-likeness (QED) is 0.572. The van der Waals surface area contributed by atoms with Crippen molar-refractivity contribution in [1.82, 2.24) is 0 Å². The lowest BCUT2D eigenvalue weighted by atomic mass is 10.1. The monoisotopic (exact) mass is 396 g/mol. The molecule has 0 spiro atoms. The van der Waals surface area contributed by atoms with Crippen LogP contribution in [0.2, 0.25) is 0 Å². The Morgan fingerprint density at radius 2 is 1.60 bits per heavy atom. The molecule has 0 aliphatic heterocycles. The van der Waals surface area contributed by atoms with Crippen LogP contribution < -0.4 is 0 Å². The van der Waals surface area contributed by atoms with Gasteiger partial charge < -0.3 is 4.74 Å². The predicted octanol–water partition coefficient (Wildman–Crippen LogP) is 4.25. The van der Waals surface area contributed by atoms with Gasteiger partial charge in [0, 0.05) is 14.5 Å². The second-order valence-corrected chi connectivity index (χ2v) is 5.85. The first-order valence-electron chi connectivity index (χ1n) is 5.78. The van der Waals surface area contributed by atoms with Crippen molar-refractivity contribution in [3.8, 4) is 0 Å². The van der Waals surface area contributed by atoms with E-state index in [1.807, 2.05) is 6.07 Å². The molecule has 0 N–H and O–H groups in total. The average Bonchev–Trinajstić information content (AvgIpc) is 2.45. The first-order chi connectivity index (χ1) is 9.56. The van der Waals surface area contributed by atoms with Gasteiger partial charge in [0.2, 0.25) is 0 Å². The van der Waals surface area contributed by atoms with Gasteiger partial charge in [0.1, 0.15) is 0 Å². The molecule has 0 heterocycles. The number of hydrogen-bond donors (Lipinski definition) is 0. The Balaban J connectivity index is 1.96. The van der Waals surface area contributed by atoms with E-state index >= 15 is 0 Å². The maximum absolute atomic E-state index is 11.9. The Morgan fingerprint density at radius 1 is 0.900 bits per heavy atom. The predicted molar refractivity (Wildman–Crippen MR) is 82.9 cm³/mol. The van der Waals surface area contributed by atoms with Crippen LogP contribution in [0.1, 0.15) is 20.7 Å².